The summed E-state index contributed by atoms with van der Waals surface area (Å²) in [5.41, 5.74) is 8.73. The van der Waals surface area contributed by atoms with Crippen molar-refractivity contribution in [1.82, 2.24) is 4.98 Å². The van der Waals surface area contributed by atoms with E-state index >= 15 is 0 Å². The molecule has 1 heterocycles. The summed E-state index contributed by atoms with van der Waals surface area (Å²) in [6.45, 7) is 1.90. The highest BCUT2D eigenvalue weighted by Crippen LogP contribution is 2.23. The maximum absolute atomic E-state index is 10.8. The molecule has 0 atom stereocenters. The zero-order chi connectivity index (χ0) is 13.1. The fourth-order valence-corrected chi connectivity index (χ4v) is 1.51. The van der Waals surface area contributed by atoms with Crippen LogP contribution in [0, 0.1) is 6.92 Å². The van der Waals surface area contributed by atoms with Gasteiger partial charge < -0.3 is 16.2 Å². The first kappa shape index (κ1) is 11.9. The fourth-order valence-electron chi connectivity index (χ4n) is 1.51. The number of nitrogens with zero attached hydrogens (tertiary/aromatic N) is 1. The van der Waals surface area contributed by atoms with Crippen molar-refractivity contribution in [2.24, 2.45) is 0 Å². The average molecular weight is 243 g/mol. The van der Waals surface area contributed by atoms with Crippen molar-refractivity contribution in [3.63, 3.8) is 0 Å². The molecule has 92 valence electrons. The van der Waals surface area contributed by atoms with Crippen LogP contribution < -0.4 is 11.1 Å². The number of hydrogen-bond donors (Lipinski definition) is 3. The van der Waals surface area contributed by atoms with Gasteiger partial charge in [0.1, 0.15) is 0 Å². The maximum atomic E-state index is 10.8. The molecule has 0 aliphatic rings. The summed E-state index contributed by atoms with van der Waals surface area (Å²) in [7, 11) is 0. The number of carboxylic acid groups (broad SMARTS) is 1. The monoisotopic (exact) mass is 243 g/mol. The molecule has 0 saturated heterocycles. The van der Waals surface area contributed by atoms with Crippen LogP contribution in [0.15, 0.2) is 36.5 Å². The van der Waals surface area contributed by atoms with Gasteiger partial charge in [0.2, 0.25) is 0 Å². The van der Waals surface area contributed by atoms with E-state index in [4.69, 9.17) is 10.8 Å². The molecule has 0 bridgehead atoms. The van der Waals surface area contributed by atoms with Gasteiger partial charge in [0, 0.05) is 5.69 Å². The molecule has 5 nitrogen and oxygen atoms in total. The van der Waals surface area contributed by atoms with Crippen molar-refractivity contribution in [2.45, 2.75) is 6.92 Å². The molecule has 2 rings (SSSR count). The number of nitrogen functional groups attached to an aromatic ring is 1. The Kier molecular flexibility index (Phi) is 3.14. The van der Waals surface area contributed by atoms with Crippen LogP contribution in [0.2, 0.25) is 0 Å². The van der Waals surface area contributed by atoms with E-state index in [0.29, 0.717) is 11.4 Å². The number of nitrogens with one attached hydrogen (secondary N) is 1. The largest absolute Gasteiger partial charge is 0.478 e. The molecule has 1 aromatic carbocycles. The van der Waals surface area contributed by atoms with E-state index in [9.17, 15) is 4.79 Å². The Bertz CT molecular complexity index is 579. The van der Waals surface area contributed by atoms with Crippen LogP contribution in [0.5, 0.6) is 0 Å². The molecule has 2 aromatic rings. The highest BCUT2D eigenvalue weighted by molar-refractivity contribution is 5.90. The van der Waals surface area contributed by atoms with Gasteiger partial charge in [-0.1, -0.05) is 0 Å². The van der Waals surface area contributed by atoms with E-state index in [-0.39, 0.29) is 5.56 Å². The van der Waals surface area contributed by atoms with Crippen molar-refractivity contribution < 1.29 is 9.90 Å². The maximum Gasteiger partial charge on any atom is 0.335 e. The van der Waals surface area contributed by atoms with Crippen LogP contribution in [0.1, 0.15) is 16.1 Å². The molecule has 0 radical (unpaired) electrons. The van der Waals surface area contributed by atoms with Crippen LogP contribution in [-0.4, -0.2) is 16.1 Å². The first-order valence-corrected chi connectivity index (χ1v) is 5.39. The van der Waals surface area contributed by atoms with Crippen LogP contribution in [-0.2, 0) is 0 Å². The van der Waals surface area contributed by atoms with Crippen molar-refractivity contribution in [1.29, 1.82) is 0 Å². The SMILES string of the molecule is Cc1ccc(Nc2ccc(C(=O)O)cc2N)cn1. The summed E-state index contributed by atoms with van der Waals surface area (Å²) >= 11 is 0. The third kappa shape index (κ3) is 2.57. The highest BCUT2D eigenvalue weighted by atomic mass is 16.4. The Morgan fingerprint density at radius 1 is 1.33 bits per heavy atom. The van der Waals surface area contributed by atoms with Gasteiger partial charge in [-0.25, -0.2) is 4.79 Å². The third-order valence-corrected chi connectivity index (χ3v) is 2.49. The number of nitrogens with two attached hydrogens (primary N) is 1. The first-order chi connectivity index (χ1) is 8.56. The van der Waals surface area contributed by atoms with Gasteiger partial charge in [-0.2, -0.15) is 0 Å². The summed E-state index contributed by atoms with van der Waals surface area (Å²) in [5, 5.41) is 11.9. The van der Waals surface area contributed by atoms with Gasteiger partial charge in [-0.05, 0) is 37.3 Å². The number of aromatic nitrogens is 1. The molecular weight excluding hydrogens is 230 g/mol. The quantitative estimate of drug-likeness (QED) is 0.720. The number of rotatable bonds is 3. The van der Waals surface area contributed by atoms with Gasteiger partial charge in [0.15, 0.2) is 0 Å². The number of aryl methyl sites for hydroxylation is 1. The van der Waals surface area contributed by atoms with E-state index in [0.717, 1.165) is 11.4 Å². The van der Waals surface area contributed by atoms with Crippen molar-refractivity contribution in [3.8, 4) is 0 Å². The number of pyridine rings is 1. The summed E-state index contributed by atoms with van der Waals surface area (Å²) in [6.07, 6.45) is 1.69. The van der Waals surface area contributed by atoms with Gasteiger partial charge in [-0.15, -0.1) is 0 Å². The zero-order valence-electron chi connectivity index (χ0n) is 9.84. The standard InChI is InChI=1S/C13H13N3O2/c1-8-2-4-10(7-15-8)16-12-5-3-9(13(17)18)6-11(12)14/h2-7,16H,14H2,1H3,(H,17,18). The summed E-state index contributed by atoms with van der Waals surface area (Å²) in [6, 6.07) is 8.32. The Labute approximate surface area is 104 Å². The molecule has 18 heavy (non-hydrogen) atoms. The summed E-state index contributed by atoms with van der Waals surface area (Å²) in [4.78, 5) is 14.9. The van der Waals surface area contributed by atoms with E-state index < -0.39 is 5.97 Å². The summed E-state index contributed by atoms with van der Waals surface area (Å²) < 4.78 is 0. The van der Waals surface area contributed by atoms with E-state index in [1.165, 1.54) is 12.1 Å². The molecule has 0 spiro atoms. The second-order valence-corrected chi connectivity index (χ2v) is 3.92. The minimum absolute atomic E-state index is 0.167. The van der Waals surface area contributed by atoms with E-state index in [1.54, 1.807) is 12.3 Å². The normalized spacial score (nSPS) is 10.1. The Morgan fingerprint density at radius 3 is 2.67 bits per heavy atom. The predicted molar refractivity (Wildman–Crippen MR) is 70.1 cm³/mol. The van der Waals surface area contributed by atoms with Gasteiger partial charge in [0.05, 0.1) is 28.8 Å². The third-order valence-electron chi connectivity index (χ3n) is 2.49. The zero-order valence-corrected chi connectivity index (χ0v) is 9.84. The topological polar surface area (TPSA) is 88.2 Å². The highest BCUT2D eigenvalue weighted by Gasteiger charge is 2.06. The van der Waals surface area contributed by atoms with Crippen molar-refractivity contribution in [2.75, 3.05) is 11.1 Å². The smallest absolute Gasteiger partial charge is 0.335 e. The lowest BCUT2D eigenvalue weighted by Gasteiger charge is -2.09. The predicted octanol–water partition coefficient (Wildman–Crippen LogP) is 2.41. The number of carbonyl (C=O) groups is 1. The molecule has 0 unspecified atom stereocenters. The molecule has 0 saturated carbocycles. The number of carboxylic acids is 1. The Hall–Kier alpha value is -2.56. The van der Waals surface area contributed by atoms with Crippen LogP contribution >= 0.6 is 0 Å². The molecule has 5 heteroatoms. The Morgan fingerprint density at radius 2 is 2.11 bits per heavy atom. The molecule has 0 fully saturated rings. The van der Waals surface area contributed by atoms with Crippen LogP contribution in [0.4, 0.5) is 17.1 Å². The molecule has 0 aliphatic carbocycles. The lowest BCUT2D eigenvalue weighted by Crippen LogP contribution is -2.01. The number of aromatic carboxylic acids is 1. The number of benzene rings is 1. The Balaban J connectivity index is 2.24. The summed E-state index contributed by atoms with van der Waals surface area (Å²) in [5.74, 6) is -0.995. The van der Waals surface area contributed by atoms with E-state index in [2.05, 4.69) is 10.3 Å². The average Bonchev–Trinajstić information content (AvgIpc) is 2.34. The van der Waals surface area contributed by atoms with E-state index in [1.807, 2.05) is 19.1 Å². The minimum Gasteiger partial charge on any atom is -0.478 e. The van der Waals surface area contributed by atoms with Gasteiger partial charge in [-0.3, -0.25) is 4.98 Å². The molecular formula is C13H13N3O2. The van der Waals surface area contributed by atoms with Crippen molar-refractivity contribution >= 4 is 23.0 Å². The minimum atomic E-state index is -0.995. The van der Waals surface area contributed by atoms with Gasteiger partial charge >= 0.3 is 5.97 Å². The lowest BCUT2D eigenvalue weighted by atomic mass is 10.1. The molecule has 0 amide bonds. The molecule has 1 aromatic heterocycles. The van der Waals surface area contributed by atoms with Crippen LogP contribution in [0.25, 0.3) is 0 Å². The lowest BCUT2D eigenvalue weighted by molar-refractivity contribution is 0.0697. The number of anilines is 3. The van der Waals surface area contributed by atoms with Crippen LogP contribution in [0.3, 0.4) is 0 Å². The van der Waals surface area contributed by atoms with Crippen molar-refractivity contribution in [3.05, 3.63) is 47.8 Å². The van der Waals surface area contributed by atoms with Gasteiger partial charge in [0.25, 0.3) is 0 Å². The second-order valence-electron chi connectivity index (χ2n) is 3.92. The second kappa shape index (κ2) is 4.75. The number of hydrogen-bond acceptors (Lipinski definition) is 4. The fraction of sp³-hybridized carbons (Fsp3) is 0.0769. The molecule has 4 N–H and O–H groups in total. The first-order valence-electron chi connectivity index (χ1n) is 5.39. The molecule has 0 aliphatic heterocycles.